The van der Waals surface area contributed by atoms with Gasteiger partial charge in [-0.2, -0.15) is 0 Å². The van der Waals surface area contributed by atoms with E-state index in [0.717, 1.165) is 17.7 Å². The van der Waals surface area contributed by atoms with Gasteiger partial charge in [-0.25, -0.2) is 9.37 Å². The third kappa shape index (κ3) is 4.48. The molecule has 1 atom stereocenters. The molecular weight excluding hydrogens is 448 g/mol. The lowest BCUT2D eigenvalue weighted by atomic mass is 9.90. The maximum absolute atomic E-state index is 13.3. The van der Waals surface area contributed by atoms with Crippen molar-refractivity contribution in [3.63, 3.8) is 0 Å². The van der Waals surface area contributed by atoms with Crippen molar-refractivity contribution in [2.45, 2.75) is 25.2 Å². The molecule has 0 saturated heterocycles. The van der Waals surface area contributed by atoms with Crippen LogP contribution in [0.2, 0.25) is 10.0 Å². The first-order valence-corrected chi connectivity index (χ1v) is 10.8. The number of carbonyl (C=O) groups excluding carboxylic acids is 2. The van der Waals surface area contributed by atoms with Gasteiger partial charge < -0.3 is 5.32 Å². The summed E-state index contributed by atoms with van der Waals surface area (Å²) in [5, 5.41) is 6.51. The lowest BCUT2D eigenvalue weighted by molar-refractivity contribution is -0.117. The first-order chi connectivity index (χ1) is 14.4. The van der Waals surface area contributed by atoms with Crippen LogP contribution < -0.4 is 10.6 Å². The van der Waals surface area contributed by atoms with Crippen LogP contribution in [0.1, 0.15) is 39.7 Å². The third-order valence-corrected chi connectivity index (χ3v) is 6.37. The van der Waals surface area contributed by atoms with Gasteiger partial charge in [0.15, 0.2) is 5.13 Å². The normalized spacial score (nSPS) is 15.4. The van der Waals surface area contributed by atoms with Crippen LogP contribution in [0, 0.1) is 5.82 Å². The quantitative estimate of drug-likeness (QED) is 0.505. The summed E-state index contributed by atoms with van der Waals surface area (Å²) in [4.78, 5) is 30.8. The van der Waals surface area contributed by atoms with E-state index in [1.165, 1.54) is 29.5 Å². The number of benzene rings is 2. The summed E-state index contributed by atoms with van der Waals surface area (Å²) in [6.45, 7) is 0. The minimum absolute atomic E-state index is 0.0574. The number of carbonyl (C=O) groups is 2. The van der Waals surface area contributed by atoms with E-state index in [4.69, 9.17) is 23.2 Å². The Morgan fingerprint density at radius 1 is 1.10 bits per heavy atom. The lowest BCUT2D eigenvalue weighted by Gasteiger charge is -2.20. The van der Waals surface area contributed by atoms with Crippen LogP contribution in [0.15, 0.2) is 42.5 Å². The number of hydrogen-bond acceptors (Lipinski definition) is 4. The molecule has 1 aromatic heterocycles. The highest BCUT2D eigenvalue weighted by atomic mass is 35.5. The molecule has 0 saturated carbocycles. The highest BCUT2D eigenvalue weighted by Crippen LogP contribution is 2.37. The zero-order chi connectivity index (χ0) is 21.3. The second-order valence-electron chi connectivity index (χ2n) is 6.85. The molecule has 2 amide bonds. The number of nitrogens with zero attached hydrogens (tertiary/aromatic N) is 1. The second kappa shape index (κ2) is 8.71. The van der Waals surface area contributed by atoms with Crippen molar-refractivity contribution in [1.29, 1.82) is 0 Å². The zero-order valence-electron chi connectivity index (χ0n) is 15.5. The van der Waals surface area contributed by atoms with E-state index in [1.807, 2.05) is 0 Å². The van der Waals surface area contributed by atoms with E-state index < -0.39 is 11.7 Å². The fourth-order valence-corrected chi connectivity index (χ4v) is 4.67. The van der Waals surface area contributed by atoms with Gasteiger partial charge in [-0.15, -0.1) is 11.3 Å². The summed E-state index contributed by atoms with van der Waals surface area (Å²) in [6.07, 6.45) is 2.28. The molecule has 5 nitrogen and oxygen atoms in total. The number of fused-ring (bicyclic) bond motifs is 1. The average molecular weight is 464 g/mol. The number of aromatic nitrogens is 1. The molecule has 0 bridgehead atoms. The molecule has 2 N–H and O–H groups in total. The van der Waals surface area contributed by atoms with E-state index >= 15 is 0 Å². The fraction of sp³-hybridized carbons (Fsp3) is 0.190. The number of anilines is 2. The first-order valence-electron chi connectivity index (χ1n) is 9.23. The Morgan fingerprint density at radius 3 is 2.60 bits per heavy atom. The standard InChI is InChI=1S/C21H16Cl2FN3O2S/c22-12-6-4-11(5-7-12)19(28)27-21-26-18-14(2-1-3-17(18)30-21)20(29)25-13-8-9-16(24)15(23)10-13/h4-10,14H,1-3H2,(H,25,29)(H,26,27,28). The van der Waals surface area contributed by atoms with Crippen molar-refractivity contribution in [2.24, 2.45) is 0 Å². The van der Waals surface area contributed by atoms with Crippen LogP contribution in [-0.4, -0.2) is 16.8 Å². The first kappa shape index (κ1) is 20.8. The maximum atomic E-state index is 13.3. The molecule has 4 rings (SSSR count). The average Bonchev–Trinajstić information content (AvgIpc) is 3.13. The number of amides is 2. The SMILES string of the molecule is O=C(Nc1nc2c(s1)CCCC2C(=O)Nc1ccc(F)c(Cl)c1)c1ccc(Cl)cc1. The molecule has 0 fully saturated rings. The van der Waals surface area contributed by atoms with Crippen LogP contribution >= 0.6 is 34.5 Å². The molecule has 1 aliphatic carbocycles. The molecule has 2 aromatic carbocycles. The van der Waals surface area contributed by atoms with Gasteiger partial charge in [-0.05, 0) is 61.7 Å². The van der Waals surface area contributed by atoms with E-state index in [9.17, 15) is 14.0 Å². The van der Waals surface area contributed by atoms with Crippen molar-refractivity contribution in [3.05, 3.63) is 74.5 Å². The Labute approximate surface area is 186 Å². The maximum Gasteiger partial charge on any atom is 0.257 e. The molecule has 0 aliphatic heterocycles. The Morgan fingerprint density at radius 2 is 1.87 bits per heavy atom. The van der Waals surface area contributed by atoms with Crippen molar-refractivity contribution in [2.75, 3.05) is 10.6 Å². The molecule has 1 heterocycles. The molecule has 3 aromatic rings. The zero-order valence-corrected chi connectivity index (χ0v) is 17.9. The monoisotopic (exact) mass is 463 g/mol. The molecule has 1 unspecified atom stereocenters. The summed E-state index contributed by atoms with van der Waals surface area (Å²) in [5.41, 5.74) is 1.56. The predicted molar refractivity (Wildman–Crippen MR) is 117 cm³/mol. The van der Waals surface area contributed by atoms with Crippen LogP contribution in [-0.2, 0) is 11.2 Å². The van der Waals surface area contributed by atoms with Crippen molar-refractivity contribution < 1.29 is 14.0 Å². The van der Waals surface area contributed by atoms with Gasteiger partial charge in [-0.3, -0.25) is 14.9 Å². The van der Waals surface area contributed by atoms with Crippen LogP contribution in [0.25, 0.3) is 0 Å². The topological polar surface area (TPSA) is 71.1 Å². The molecule has 154 valence electrons. The summed E-state index contributed by atoms with van der Waals surface area (Å²) in [7, 11) is 0. The molecular formula is C21H16Cl2FN3O2S. The van der Waals surface area contributed by atoms with E-state index in [2.05, 4.69) is 15.6 Å². The summed E-state index contributed by atoms with van der Waals surface area (Å²) in [6, 6.07) is 10.6. The van der Waals surface area contributed by atoms with E-state index in [0.29, 0.717) is 33.5 Å². The van der Waals surface area contributed by atoms with E-state index in [-0.39, 0.29) is 16.8 Å². The Balaban J connectivity index is 1.50. The number of thiazole rings is 1. The number of aryl methyl sites for hydroxylation is 1. The van der Waals surface area contributed by atoms with Gasteiger partial charge in [0.25, 0.3) is 5.91 Å². The predicted octanol–water partition coefficient (Wildman–Crippen LogP) is 5.90. The Kier molecular flexibility index (Phi) is 6.04. The van der Waals surface area contributed by atoms with Crippen LogP contribution in [0.4, 0.5) is 15.2 Å². The largest absolute Gasteiger partial charge is 0.325 e. The second-order valence-corrected chi connectivity index (χ2v) is 8.78. The minimum atomic E-state index is -0.546. The van der Waals surface area contributed by atoms with Crippen LogP contribution in [0.5, 0.6) is 0 Å². The smallest absolute Gasteiger partial charge is 0.257 e. The number of nitrogens with one attached hydrogen (secondary N) is 2. The highest BCUT2D eigenvalue weighted by molar-refractivity contribution is 7.16. The molecule has 30 heavy (non-hydrogen) atoms. The fourth-order valence-electron chi connectivity index (χ4n) is 3.30. The number of halogens is 3. The Bertz CT molecular complexity index is 1120. The number of hydrogen-bond donors (Lipinski definition) is 2. The lowest BCUT2D eigenvalue weighted by Crippen LogP contribution is -2.24. The van der Waals surface area contributed by atoms with Gasteiger partial charge in [0.05, 0.1) is 16.6 Å². The molecule has 9 heteroatoms. The summed E-state index contributed by atoms with van der Waals surface area (Å²) < 4.78 is 13.3. The molecule has 0 spiro atoms. The van der Waals surface area contributed by atoms with Crippen LogP contribution in [0.3, 0.4) is 0 Å². The van der Waals surface area contributed by atoms with Gasteiger partial charge in [0.2, 0.25) is 5.91 Å². The van der Waals surface area contributed by atoms with Gasteiger partial charge in [-0.1, -0.05) is 23.2 Å². The van der Waals surface area contributed by atoms with Crippen molar-refractivity contribution >= 4 is 57.2 Å². The summed E-state index contributed by atoms with van der Waals surface area (Å²) in [5.74, 6) is -1.52. The third-order valence-electron chi connectivity index (χ3n) is 4.78. The number of rotatable bonds is 4. The molecule has 1 aliphatic rings. The van der Waals surface area contributed by atoms with Crippen molar-refractivity contribution in [3.8, 4) is 0 Å². The van der Waals surface area contributed by atoms with Crippen molar-refractivity contribution in [1.82, 2.24) is 4.98 Å². The summed E-state index contributed by atoms with van der Waals surface area (Å²) >= 11 is 13.0. The van der Waals surface area contributed by atoms with Gasteiger partial charge >= 0.3 is 0 Å². The minimum Gasteiger partial charge on any atom is -0.325 e. The van der Waals surface area contributed by atoms with Gasteiger partial charge in [0.1, 0.15) is 5.82 Å². The Hall–Kier alpha value is -2.48. The van der Waals surface area contributed by atoms with Gasteiger partial charge in [0, 0.05) is 21.2 Å². The molecule has 0 radical (unpaired) electrons. The van der Waals surface area contributed by atoms with E-state index in [1.54, 1.807) is 24.3 Å². The highest BCUT2D eigenvalue weighted by Gasteiger charge is 2.30.